The number of carbonyl (C=O) groups is 1. The summed E-state index contributed by atoms with van der Waals surface area (Å²) in [4.78, 5) is 22.9. The van der Waals surface area contributed by atoms with E-state index in [2.05, 4.69) is 10.6 Å². The largest absolute Gasteiger partial charge is 0.332 e. The molecule has 3 rings (SSSR count). The van der Waals surface area contributed by atoms with Crippen molar-refractivity contribution in [1.82, 2.24) is 5.32 Å². The molecule has 0 aromatic heterocycles. The van der Waals surface area contributed by atoms with E-state index in [4.69, 9.17) is 35.4 Å². The number of nitrogens with one attached hydrogen (secondary N) is 2. The number of nitro groups is 1. The van der Waals surface area contributed by atoms with Crippen LogP contribution in [0.5, 0.6) is 0 Å². The van der Waals surface area contributed by atoms with Gasteiger partial charge in [0.2, 0.25) is 0 Å². The highest BCUT2D eigenvalue weighted by Crippen LogP contribution is 2.28. The third-order valence-electron chi connectivity index (χ3n) is 3.74. The molecule has 0 fully saturated rings. The molecule has 0 bridgehead atoms. The number of hydrogen-bond acceptors (Lipinski definition) is 4. The molecule has 0 aliphatic heterocycles. The molecule has 3 aromatic rings. The highest BCUT2D eigenvalue weighted by atomic mass is 35.5. The first kappa shape index (κ1) is 19.0. The van der Waals surface area contributed by atoms with Gasteiger partial charge in [-0.3, -0.25) is 20.2 Å². The van der Waals surface area contributed by atoms with Gasteiger partial charge in [0.1, 0.15) is 5.02 Å². The van der Waals surface area contributed by atoms with Gasteiger partial charge in [0.05, 0.1) is 4.92 Å². The second kappa shape index (κ2) is 7.87. The third kappa shape index (κ3) is 4.16. The zero-order chi connectivity index (χ0) is 19.6. The fourth-order valence-electron chi connectivity index (χ4n) is 2.53. The summed E-state index contributed by atoms with van der Waals surface area (Å²) in [6.45, 7) is 0. The number of halogens is 2. The summed E-state index contributed by atoms with van der Waals surface area (Å²) in [5.74, 6) is -0.427. The fraction of sp³-hybridized carbons (Fsp3) is 0. The zero-order valence-corrected chi connectivity index (χ0v) is 15.9. The van der Waals surface area contributed by atoms with E-state index in [1.165, 1.54) is 18.2 Å². The van der Waals surface area contributed by atoms with Crippen molar-refractivity contribution in [3.8, 4) is 0 Å². The molecule has 3 aromatic carbocycles. The van der Waals surface area contributed by atoms with Gasteiger partial charge < -0.3 is 5.32 Å². The Bertz CT molecular complexity index is 1090. The molecule has 0 unspecified atom stereocenters. The third-order valence-corrected chi connectivity index (χ3v) is 4.59. The van der Waals surface area contributed by atoms with Gasteiger partial charge in [-0.15, -0.1) is 0 Å². The van der Waals surface area contributed by atoms with E-state index in [1.54, 1.807) is 30.3 Å². The average molecular weight is 420 g/mol. The first-order valence-electron chi connectivity index (χ1n) is 7.60. The number of anilines is 1. The molecule has 0 spiro atoms. The summed E-state index contributed by atoms with van der Waals surface area (Å²) in [7, 11) is 0. The first-order chi connectivity index (χ1) is 12.9. The van der Waals surface area contributed by atoms with Crippen LogP contribution in [0.15, 0.2) is 54.6 Å². The van der Waals surface area contributed by atoms with Crippen LogP contribution >= 0.6 is 35.4 Å². The number of hydrogen-bond donors (Lipinski definition) is 2. The molecular weight excluding hydrogens is 409 g/mol. The van der Waals surface area contributed by atoms with Crippen LogP contribution in [0, 0.1) is 10.1 Å². The van der Waals surface area contributed by atoms with E-state index < -0.39 is 10.8 Å². The van der Waals surface area contributed by atoms with Crippen molar-refractivity contribution in [2.75, 3.05) is 5.32 Å². The molecule has 0 aliphatic rings. The zero-order valence-electron chi connectivity index (χ0n) is 13.5. The predicted octanol–water partition coefficient (Wildman–Crippen LogP) is 5.18. The number of rotatable bonds is 3. The fourth-order valence-corrected chi connectivity index (χ4v) is 3.17. The van der Waals surface area contributed by atoms with Crippen molar-refractivity contribution < 1.29 is 9.72 Å². The predicted molar refractivity (Wildman–Crippen MR) is 111 cm³/mol. The van der Waals surface area contributed by atoms with Crippen LogP contribution < -0.4 is 10.6 Å². The van der Waals surface area contributed by atoms with Crippen molar-refractivity contribution in [2.45, 2.75) is 0 Å². The average Bonchev–Trinajstić information content (AvgIpc) is 2.63. The number of amides is 1. The number of nitro benzene ring substituents is 1. The Morgan fingerprint density at radius 1 is 1.00 bits per heavy atom. The normalized spacial score (nSPS) is 10.4. The van der Waals surface area contributed by atoms with Gasteiger partial charge in [0, 0.05) is 27.7 Å². The molecule has 2 N–H and O–H groups in total. The smallest absolute Gasteiger partial charge is 0.289 e. The summed E-state index contributed by atoms with van der Waals surface area (Å²) in [6, 6.07) is 14.6. The lowest BCUT2D eigenvalue weighted by Gasteiger charge is -2.11. The Hall–Kier alpha value is -2.74. The van der Waals surface area contributed by atoms with Gasteiger partial charge in [-0.05, 0) is 41.9 Å². The van der Waals surface area contributed by atoms with Gasteiger partial charge >= 0.3 is 0 Å². The minimum atomic E-state index is -0.602. The molecule has 0 radical (unpaired) electrons. The molecular formula is C18H11Cl2N3O3S. The molecule has 27 heavy (non-hydrogen) atoms. The van der Waals surface area contributed by atoms with E-state index in [-0.39, 0.29) is 15.8 Å². The van der Waals surface area contributed by atoms with Crippen LogP contribution in [0.3, 0.4) is 0 Å². The van der Waals surface area contributed by atoms with Gasteiger partial charge in [0.15, 0.2) is 5.11 Å². The van der Waals surface area contributed by atoms with Crippen LogP contribution in [-0.2, 0) is 0 Å². The molecule has 0 saturated carbocycles. The number of nitrogens with zero attached hydrogens (tertiary/aromatic N) is 1. The second-order valence-electron chi connectivity index (χ2n) is 5.47. The van der Waals surface area contributed by atoms with Crippen LogP contribution in [0.2, 0.25) is 10.0 Å². The second-order valence-corrected chi connectivity index (χ2v) is 6.69. The van der Waals surface area contributed by atoms with E-state index >= 15 is 0 Å². The Kier molecular flexibility index (Phi) is 5.55. The Morgan fingerprint density at radius 3 is 2.44 bits per heavy atom. The minimum Gasteiger partial charge on any atom is -0.332 e. The summed E-state index contributed by atoms with van der Waals surface area (Å²) in [5.41, 5.74) is 0.470. The lowest BCUT2D eigenvalue weighted by Crippen LogP contribution is -2.34. The van der Waals surface area contributed by atoms with Crippen LogP contribution in [0.25, 0.3) is 10.8 Å². The maximum atomic E-state index is 12.6. The Balaban J connectivity index is 1.79. The molecule has 136 valence electrons. The molecule has 0 saturated heterocycles. The summed E-state index contributed by atoms with van der Waals surface area (Å²) >= 11 is 17.1. The number of thiocarbonyl (C=S) groups is 1. The van der Waals surface area contributed by atoms with Gasteiger partial charge in [-0.25, -0.2) is 0 Å². The van der Waals surface area contributed by atoms with Crippen molar-refractivity contribution >= 4 is 68.6 Å². The molecule has 0 atom stereocenters. The van der Waals surface area contributed by atoms with Crippen molar-refractivity contribution in [2.24, 2.45) is 0 Å². The molecule has 9 heteroatoms. The van der Waals surface area contributed by atoms with Crippen molar-refractivity contribution in [3.05, 3.63) is 80.3 Å². The monoisotopic (exact) mass is 419 g/mol. The van der Waals surface area contributed by atoms with Crippen LogP contribution in [0.1, 0.15) is 10.4 Å². The van der Waals surface area contributed by atoms with Gasteiger partial charge in [0.25, 0.3) is 11.6 Å². The van der Waals surface area contributed by atoms with Crippen LogP contribution in [-0.4, -0.2) is 15.9 Å². The molecule has 0 heterocycles. The SMILES string of the molecule is O=C(NC(=S)Nc1ccc(Cl)c([N+](=O)[O-])c1)c1cccc2c(Cl)cccc12. The Labute approximate surface area is 169 Å². The number of benzene rings is 3. The Morgan fingerprint density at radius 2 is 1.70 bits per heavy atom. The summed E-state index contributed by atoms with van der Waals surface area (Å²) in [6.07, 6.45) is 0. The summed E-state index contributed by atoms with van der Waals surface area (Å²) < 4.78 is 0. The summed E-state index contributed by atoms with van der Waals surface area (Å²) in [5, 5.41) is 18.2. The molecule has 1 amide bonds. The molecule has 0 aliphatic carbocycles. The highest BCUT2D eigenvalue weighted by molar-refractivity contribution is 7.80. The van der Waals surface area contributed by atoms with E-state index in [9.17, 15) is 14.9 Å². The van der Waals surface area contributed by atoms with E-state index in [1.807, 2.05) is 6.07 Å². The first-order valence-corrected chi connectivity index (χ1v) is 8.77. The van der Waals surface area contributed by atoms with Crippen LogP contribution in [0.4, 0.5) is 11.4 Å². The van der Waals surface area contributed by atoms with E-state index in [0.29, 0.717) is 21.7 Å². The van der Waals surface area contributed by atoms with Crippen molar-refractivity contribution in [1.29, 1.82) is 0 Å². The lowest BCUT2D eigenvalue weighted by atomic mass is 10.0. The topological polar surface area (TPSA) is 84.3 Å². The van der Waals surface area contributed by atoms with Gasteiger partial charge in [-0.2, -0.15) is 0 Å². The maximum absolute atomic E-state index is 12.6. The minimum absolute atomic E-state index is 0.00403. The lowest BCUT2D eigenvalue weighted by molar-refractivity contribution is -0.384. The number of fused-ring (bicyclic) bond motifs is 1. The number of carbonyl (C=O) groups excluding carboxylic acids is 1. The van der Waals surface area contributed by atoms with Crippen molar-refractivity contribution in [3.63, 3.8) is 0 Å². The molecule has 6 nitrogen and oxygen atoms in total. The maximum Gasteiger partial charge on any atom is 0.289 e. The standard InChI is InChI=1S/C18H11Cl2N3O3S/c19-14-6-2-3-11-12(14)4-1-5-13(11)17(24)22-18(27)21-10-7-8-15(20)16(9-10)23(25)26/h1-9H,(H2,21,22,24,27). The quantitative estimate of drug-likeness (QED) is 0.347. The van der Waals surface area contributed by atoms with Gasteiger partial charge in [-0.1, -0.05) is 47.5 Å². The highest BCUT2D eigenvalue weighted by Gasteiger charge is 2.15. The van der Waals surface area contributed by atoms with E-state index in [0.717, 1.165) is 5.39 Å².